The smallest absolute Gasteiger partial charge is 0.0340 e. The molecule has 0 aliphatic heterocycles. The van der Waals surface area contributed by atoms with Gasteiger partial charge in [-0.25, -0.2) is 0 Å². The van der Waals surface area contributed by atoms with Crippen molar-refractivity contribution in [2.75, 3.05) is 24.7 Å². The first kappa shape index (κ1) is 11.5. The van der Waals surface area contributed by atoms with Crippen LogP contribution in [0, 0.1) is 0 Å². The zero-order valence-corrected chi connectivity index (χ0v) is 10.3. The van der Waals surface area contributed by atoms with Gasteiger partial charge in [-0.05, 0) is 41.8 Å². The number of nitrogens with one attached hydrogen (secondary N) is 2. The van der Waals surface area contributed by atoms with E-state index in [1.54, 1.807) is 0 Å². The van der Waals surface area contributed by atoms with Crippen molar-refractivity contribution >= 4 is 11.4 Å². The van der Waals surface area contributed by atoms with Gasteiger partial charge in [0, 0.05) is 25.5 Å². The van der Waals surface area contributed by atoms with Crippen LogP contribution in [0.5, 0.6) is 0 Å². The fraction of sp³-hybridized carbons (Fsp3) is 0.200. The molecule has 0 amide bonds. The molecule has 0 spiro atoms. The highest BCUT2D eigenvalue weighted by molar-refractivity contribution is 5.49. The van der Waals surface area contributed by atoms with Gasteiger partial charge in [0.1, 0.15) is 0 Å². The summed E-state index contributed by atoms with van der Waals surface area (Å²) in [7, 11) is 3.89. The van der Waals surface area contributed by atoms with Crippen LogP contribution >= 0.6 is 0 Å². The summed E-state index contributed by atoms with van der Waals surface area (Å²) in [6.45, 7) is 0. The second-order valence-corrected chi connectivity index (χ2v) is 4.08. The molecule has 2 rings (SSSR count). The molecule has 0 atom stereocenters. The van der Waals surface area contributed by atoms with Gasteiger partial charge < -0.3 is 10.6 Å². The van der Waals surface area contributed by atoms with E-state index in [1.807, 2.05) is 14.1 Å². The molecule has 17 heavy (non-hydrogen) atoms. The average molecular weight is 226 g/mol. The highest BCUT2D eigenvalue weighted by Crippen LogP contribution is 2.16. The molecule has 0 saturated carbocycles. The molecule has 2 heteroatoms. The predicted molar refractivity (Wildman–Crippen MR) is 74.8 cm³/mol. The summed E-state index contributed by atoms with van der Waals surface area (Å²) in [4.78, 5) is 0. The molecule has 2 nitrogen and oxygen atoms in total. The van der Waals surface area contributed by atoms with Crippen molar-refractivity contribution in [2.24, 2.45) is 0 Å². The molecule has 0 aliphatic carbocycles. The van der Waals surface area contributed by atoms with Gasteiger partial charge >= 0.3 is 0 Å². The lowest BCUT2D eigenvalue weighted by Crippen LogP contribution is -1.93. The standard InChI is InChI=1S/C15H18N2/c1-16-14-7-3-5-12(10-14)9-13-6-4-8-15(11-13)17-2/h3-8,10-11,16-17H,9H2,1-2H3. The van der Waals surface area contributed by atoms with Crippen molar-refractivity contribution in [3.8, 4) is 0 Å². The minimum atomic E-state index is 0.963. The van der Waals surface area contributed by atoms with E-state index < -0.39 is 0 Å². The minimum absolute atomic E-state index is 0.963. The number of hydrogen-bond donors (Lipinski definition) is 2. The number of anilines is 2. The van der Waals surface area contributed by atoms with Crippen molar-refractivity contribution in [3.05, 3.63) is 59.7 Å². The summed E-state index contributed by atoms with van der Waals surface area (Å²) in [6, 6.07) is 17.0. The largest absolute Gasteiger partial charge is 0.388 e. The number of hydrogen-bond acceptors (Lipinski definition) is 2. The minimum Gasteiger partial charge on any atom is -0.388 e. The first-order chi connectivity index (χ1) is 8.31. The maximum absolute atomic E-state index is 3.16. The Morgan fingerprint density at radius 3 is 1.65 bits per heavy atom. The third-order valence-corrected chi connectivity index (χ3v) is 2.84. The van der Waals surface area contributed by atoms with Gasteiger partial charge in [0.25, 0.3) is 0 Å². The predicted octanol–water partition coefficient (Wildman–Crippen LogP) is 3.36. The van der Waals surface area contributed by atoms with Gasteiger partial charge in [-0.1, -0.05) is 24.3 Å². The second kappa shape index (κ2) is 5.39. The Bertz CT molecular complexity index is 446. The summed E-state index contributed by atoms with van der Waals surface area (Å²) in [5.41, 5.74) is 4.97. The Morgan fingerprint density at radius 2 is 1.24 bits per heavy atom. The van der Waals surface area contributed by atoms with Crippen molar-refractivity contribution in [3.63, 3.8) is 0 Å². The third kappa shape index (κ3) is 3.00. The topological polar surface area (TPSA) is 24.1 Å². The van der Waals surface area contributed by atoms with Crippen LogP contribution in [0.1, 0.15) is 11.1 Å². The van der Waals surface area contributed by atoms with Crippen LogP contribution in [0.4, 0.5) is 11.4 Å². The zero-order chi connectivity index (χ0) is 12.1. The summed E-state index contributed by atoms with van der Waals surface area (Å²) >= 11 is 0. The summed E-state index contributed by atoms with van der Waals surface area (Å²) in [5.74, 6) is 0. The molecule has 0 aromatic heterocycles. The van der Waals surface area contributed by atoms with Gasteiger partial charge in [-0.2, -0.15) is 0 Å². The van der Waals surface area contributed by atoms with Crippen LogP contribution in [-0.4, -0.2) is 14.1 Å². The lowest BCUT2D eigenvalue weighted by Gasteiger charge is -2.07. The Balaban J connectivity index is 2.18. The Hall–Kier alpha value is -1.96. The Morgan fingerprint density at radius 1 is 0.765 bits per heavy atom. The average Bonchev–Trinajstić information content (AvgIpc) is 2.39. The van der Waals surface area contributed by atoms with Crippen molar-refractivity contribution in [1.29, 1.82) is 0 Å². The summed E-state index contributed by atoms with van der Waals surface area (Å²) in [5, 5.41) is 6.33. The highest BCUT2D eigenvalue weighted by atomic mass is 14.8. The molecule has 0 radical (unpaired) electrons. The van der Waals surface area contributed by atoms with E-state index in [2.05, 4.69) is 59.2 Å². The molecule has 0 heterocycles. The second-order valence-electron chi connectivity index (χ2n) is 4.08. The maximum Gasteiger partial charge on any atom is 0.0340 e. The fourth-order valence-corrected chi connectivity index (χ4v) is 1.91. The molecule has 0 fully saturated rings. The van der Waals surface area contributed by atoms with Crippen LogP contribution in [0.15, 0.2) is 48.5 Å². The van der Waals surface area contributed by atoms with Gasteiger partial charge in [-0.15, -0.1) is 0 Å². The molecule has 2 aromatic rings. The SMILES string of the molecule is CNc1cccc(Cc2cccc(NC)c2)c1. The first-order valence-electron chi connectivity index (χ1n) is 5.85. The lowest BCUT2D eigenvalue weighted by molar-refractivity contribution is 1.19. The van der Waals surface area contributed by atoms with Gasteiger partial charge in [0.2, 0.25) is 0 Å². The molecule has 0 saturated heterocycles. The molecular weight excluding hydrogens is 208 g/mol. The Kier molecular flexibility index (Phi) is 3.66. The van der Waals surface area contributed by atoms with E-state index in [4.69, 9.17) is 0 Å². The number of rotatable bonds is 4. The van der Waals surface area contributed by atoms with Gasteiger partial charge in [-0.3, -0.25) is 0 Å². The maximum atomic E-state index is 3.16. The van der Waals surface area contributed by atoms with E-state index >= 15 is 0 Å². The van der Waals surface area contributed by atoms with Crippen LogP contribution in [0.3, 0.4) is 0 Å². The molecule has 0 bridgehead atoms. The molecular formula is C15H18N2. The van der Waals surface area contributed by atoms with Crippen LogP contribution in [0.25, 0.3) is 0 Å². The third-order valence-electron chi connectivity index (χ3n) is 2.84. The highest BCUT2D eigenvalue weighted by Gasteiger charge is 1.98. The molecule has 0 aliphatic rings. The van der Waals surface area contributed by atoms with E-state index in [1.165, 1.54) is 11.1 Å². The lowest BCUT2D eigenvalue weighted by atomic mass is 10.0. The van der Waals surface area contributed by atoms with Crippen LogP contribution in [-0.2, 0) is 6.42 Å². The molecule has 88 valence electrons. The van der Waals surface area contributed by atoms with Crippen LogP contribution in [0.2, 0.25) is 0 Å². The van der Waals surface area contributed by atoms with E-state index in [0.29, 0.717) is 0 Å². The molecule has 2 aromatic carbocycles. The van der Waals surface area contributed by atoms with Gasteiger partial charge in [0.05, 0.1) is 0 Å². The molecule has 0 unspecified atom stereocenters. The normalized spacial score (nSPS) is 10.0. The quantitative estimate of drug-likeness (QED) is 0.835. The van der Waals surface area contributed by atoms with E-state index in [0.717, 1.165) is 17.8 Å². The molecule has 2 N–H and O–H groups in total. The number of benzene rings is 2. The fourth-order valence-electron chi connectivity index (χ4n) is 1.91. The first-order valence-corrected chi connectivity index (χ1v) is 5.85. The zero-order valence-electron chi connectivity index (χ0n) is 10.3. The van der Waals surface area contributed by atoms with Crippen molar-refractivity contribution < 1.29 is 0 Å². The Labute approximate surface area is 103 Å². The summed E-state index contributed by atoms with van der Waals surface area (Å²) in [6.07, 6.45) is 0.963. The summed E-state index contributed by atoms with van der Waals surface area (Å²) < 4.78 is 0. The van der Waals surface area contributed by atoms with Gasteiger partial charge in [0.15, 0.2) is 0 Å². The van der Waals surface area contributed by atoms with Crippen LogP contribution < -0.4 is 10.6 Å². The van der Waals surface area contributed by atoms with Crippen molar-refractivity contribution in [1.82, 2.24) is 0 Å². The van der Waals surface area contributed by atoms with Crippen molar-refractivity contribution in [2.45, 2.75) is 6.42 Å². The van der Waals surface area contributed by atoms with E-state index in [9.17, 15) is 0 Å². The van der Waals surface area contributed by atoms with E-state index in [-0.39, 0.29) is 0 Å². The monoisotopic (exact) mass is 226 g/mol.